The summed E-state index contributed by atoms with van der Waals surface area (Å²) in [6.45, 7) is 0.757. The Morgan fingerprint density at radius 2 is 2.41 bits per heavy atom. The molecule has 0 saturated carbocycles. The summed E-state index contributed by atoms with van der Waals surface area (Å²) in [7, 11) is 1.93. The summed E-state index contributed by atoms with van der Waals surface area (Å²) in [6.07, 6.45) is 1.54. The highest BCUT2D eigenvalue weighted by Gasteiger charge is 2.08. The van der Waals surface area contributed by atoms with Crippen molar-refractivity contribution in [2.75, 3.05) is 17.7 Å². The second kappa shape index (κ2) is 4.85. The van der Waals surface area contributed by atoms with Gasteiger partial charge in [0.15, 0.2) is 5.82 Å². The predicted molar refractivity (Wildman–Crippen MR) is 69.8 cm³/mol. The van der Waals surface area contributed by atoms with Crippen molar-refractivity contribution in [1.82, 2.24) is 4.98 Å². The van der Waals surface area contributed by atoms with Crippen molar-refractivity contribution in [1.29, 1.82) is 5.26 Å². The van der Waals surface area contributed by atoms with Gasteiger partial charge in [-0.3, -0.25) is 0 Å². The molecule has 4 nitrogen and oxygen atoms in total. The Balaban J connectivity index is 2.20. The highest BCUT2D eigenvalue weighted by atomic mass is 32.1. The summed E-state index contributed by atoms with van der Waals surface area (Å²) >= 11 is 1.67. The van der Waals surface area contributed by atoms with Crippen molar-refractivity contribution in [2.24, 2.45) is 0 Å². The van der Waals surface area contributed by atoms with Gasteiger partial charge in [-0.05, 0) is 28.5 Å². The molecule has 2 heterocycles. The summed E-state index contributed by atoms with van der Waals surface area (Å²) in [6, 6.07) is 5.74. The third-order valence-electron chi connectivity index (χ3n) is 2.39. The monoisotopic (exact) mass is 244 g/mol. The molecule has 0 fully saturated rings. The van der Waals surface area contributed by atoms with Gasteiger partial charge in [-0.1, -0.05) is 0 Å². The van der Waals surface area contributed by atoms with E-state index >= 15 is 0 Å². The molecule has 5 heteroatoms. The van der Waals surface area contributed by atoms with Gasteiger partial charge in [0, 0.05) is 19.8 Å². The number of aromatic nitrogens is 1. The highest BCUT2D eigenvalue weighted by Crippen LogP contribution is 2.21. The Morgan fingerprint density at radius 3 is 3.00 bits per heavy atom. The van der Waals surface area contributed by atoms with Crippen LogP contribution in [0.4, 0.5) is 11.5 Å². The summed E-state index contributed by atoms with van der Waals surface area (Å²) in [5, 5.41) is 12.9. The zero-order chi connectivity index (χ0) is 12.3. The van der Waals surface area contributed by atoms with Gasteiger partial charge in [0.25, 0.3) is 0 Å². The first-order chi connectivity index (χ1) is 8.20. The minimum atomic E-state index is 0.482. The third-order valence-corrected chi connectivity index (χ3v) is 3.12. The first-order valence-corrected chi connectivity index (χ1v) is 6.03. The molecule has 0 amide bonds. The Bertz CT molecular complexity index is 542. The number of anilines is 2. The van der Waals surface area contributed by atoms with Gasteiger partial charge in [0.2, 0.25) is 0 Å². The average molecular weight is 244 g/mol. The maximum absolute atomic E-state index is 8.74. The number of thiophene rings is 1. The fraction of sp³-hybridized carbons (Fsp3) is 0.167. The topological polar surface area (TPSA) is 65.9 Å². The molecule has 17 heavy (non-hydrogen) atoms. The molecule has 0 radical (unpaired) electrons. The molecule has 0 spiro atoms. The lowest BCUT2D eigenvalue weighted by molar-refractivity contribution is 0.903. The summed E-state index contributed by atoms with van der Waals surface area (Å²) < 4.78 is 0. The molecule has 0 aliphatic rings. The molecular weight excluding hydrogens is 232 g/mol. The van der Waals surface area contributed by atoms with Crippen molar-refractivity contribution < 1.29 is 0 Å². The van der Waals surface area contributed by atoms with Crippen LogP contribution in [0, 0.1) is 11.3 Å². The molecule has 0 bridgehead atoms. The minimum Gasteiger partial charge on any atom is -0.396 e. The molecule has 0 aromatic carbocycles. The zero-order valence-corrected chi connectivity index (χ0v) is 10.2. The minimum absolute atomic E-state index is 0.482. The lowest BCUT2D eigenvalue weighted by Gasteiger charge is -2.19. The van der Waals surface area contributed by atoms with Gasteiger partial charge >= 0.3 is 0 Å². The van der Waals surface area contributed by atoms with Gasteiger partial charge in [-0.15, -0.1) is 0 Å². The van der Waals surface area contributed by atoms with Crippen molar-refractivity contribution in [3.05, 3.63) is 40.2 Å². The Hall–Kier alpha value is -2.06. The van der Waals surface area contributed by atoms with Gasteiger partial charge in [0.1, 0.15) is 6.07 Å². The van der Waals surface area contributed by atoms with Crippen LogP contribution in [0.3, 0.4) is 0 Å². The van der Waals surface area contributed by atoms with E-state index in [1.54, 1.807) is 17.4 Å². The van der Waals surface area contributed by atoms with E-state index in [4.69, 9.17) is 11.0 Å². The quantitative estimate of drug-likeness (QED) is 0.899. The summed E-state index contributed by atoms with van der Waals surface area (Å²) in [5.41, 5.74) is 8.11. The highest BCUT2D eigenvalue weighted by molar-refractivity contribution is 7.07. The van der Waals surface area contributed by atoms with Crippen LogP contribution in [-0.4, -0.2) is 12.0 Å². The van der Waals surface area contributed by atoms with E-state index in [0.29, 0.717) is 17.1 Å². The molecule has 2 aromatic heterocycles. The van der Waals surface area contributed by atoms with Crippen LogP contribution in [0.25, 0.3) is 0 Å². The number of nitrogens with two attached hydrogens (primary N) is 1. The second-order valence-corrected chi connectivity index (χ2v) is 4.52. The zero-order valence-electron chi connectivity index (χ0n) is 9.42. The Morgan fingerprint density at radius 1 is 1.59 bits per heavy atom. The van der Waals surface area contributed by atoms with Crippen LogP contribution in [0.1, 0.15) is 11.1 Å². The number of nitrogens with zero attached hydrogens (tertiary/aromatic N) is 3. The van der Waals surface area contributed by atoms with E-state index < -0.39 is 0 Å². The third kappa shape index (κ3) is 2.55. The Labute approximate surface area is 104 Å². The van der Waals surface area contributed by atoms with Gasteiger partial charge in [-0.2, -0.15) is 16.6 Å². The smallest absolute Gasteiger partial charge is 0.151 e. The van der Waals surface area contributed by atoms with E-state index in [9.17, 15) is 0 Å². The van der Waals surface area contributed by atoms with Crippen LogP contribution in [-0.2, 0) is 6.54 Å². The molecular formula is C12H12N4S. The molecule has 0 atom stereocenters. The molecule has 0 aliphatic carbocycles. The standard InChI is InChI=1S/C12H12N4S/c1-16(7-9-2-3-17-8-9)12-11(14)4-10(5-13)6-15-12/h2-4,6,8H,7,14H2,1H3. The largest absolute Gasteiger partial charge is 0.396 e. The lowest BCUT2D eigenvalue weighted by Crippen LogP contribution is -2.18. The normalized spacial score (nSPS) is 9.88. The summed E-state index contributed by atoms with van der Waals surface area (Å²) in [4.78, 5) is 6.18. The molecule has 2 aromatic rings. The van der Waals surface area contributed by atoms with Crippen LogP contribution < -0.4 is 10.6 Å². The van der Waals surface area contributed by atoms with E-state index in [-0.39, 0.29) is 0 Å². The van der Waals surface area contributed by atoms with Gasteiger partial charge in [0.05, 0.1) is 11.3 Å². The number of hydrogen-bond donors (Lipinski definition) is 1. The molecule has 0 saturated heterocycles. The molecule has 2 rings (SSSR count). The molecule has 2 N–H and O–H groups in total. The van der Waals surface area contributed by atoms with E-state index in [1.165, 1.54) is 11.8 Å². The maximum Gasteiger partial charge on any atom is 0.151 e. The van der Waals surface area contributed by atoms with E-state index in [2.05, 4.69) is 16.4 Å². The number of nitriles is 1. The molecule has 0 unspecified atom stereocenters. The van der Waals surface area contributed by atoms with Crippen LogP contribution in [0.15, 0.2) is 29.1 Å². The van der Waals surface area contributed by atoms with Crippen LogP contribution >= 0.6 is 11.3 Å². The van der Waals surface area contributed by atoms with Crippen molar-refractivity contribution in [3.8, 4) is 6.07 Å². The number of rotatable bonds is 3. The fourth-order valence-electron chi connectivity index (χ4n) is 1.59. The summed E-state index contributed by atoms with van der Waals surface area (Å²) in [5.74, 6) is 0.704. The fourth-order valence-corrected chi connectivity index (χ4v) is 2.25. The molecule has 0 aliphatic heterocycles. The van der Waals surface area contributed by atoms with Crippen LogP contribution in [0.5, 0.6) is 0 Å². The Kier molecular flexibility index (Phi) is 3.26. The van der Waals surface area contributed by atoms with E-state index in [1.807, 2.05) is 23.4 Å². The van der Waals surface area contributed by atoms with Crippen molar-refractivity contribution in [3.63, 3.8) is 0 Å². The second-order valence-electron chi connectivity index (χ2n) is 3.74. The lowest BCUT2D eigenvalue weighted by atomic mass is 10.2. The number of nitrogen functional groups attached to an aromatic ring is 1. The first kappa shape index (κ1) is 11.4. The SMILES string of the molecule is CN(Cc1ccsc1)c1ncc(C#N)cc1N. The maximum atomic E-state index is 8.74. The molecule has 86 valence electrons. The number of pyridine rings is 1. The van der Waals surface area contributed by atoms with E-state index in [0.717, 1.165) is 6.54 Å². The first-order valence-electron chi connectivity index (χ1n) is 5.08. The number of hydrogen-bond acceptors (Lipinski definition) is 5. The predicted octanol–water partition coefficient (Wildman–Crippen LogP) is 2.23. The van der Waals surface area contributed by atoms with Crippen LogP contribution in [0.2, 0.25) is 0 Å². The van der Waals surface area contributed by atoms with Gasteiger partial charge < -0.3 is 10.6 Å². The van der Waals surface area contributed by atoms with Gasteiger partial charge in [-0.25, -0.2) is 4.98 Å². The average Bonchev–Trinajstić information content (AvgIpc) is 2.81. The van der Waals surface area contributed by atoms with Crippen molar-refractivity contribution >= 4 is 22.8 Å². The van der Waals surface area contributed by atoms with Crippen molar-refractivity contribution in [2.45, 2.75) is 6.54 Å².